The van der Waals surface area contributed by atoms with Crippen LogP contribution < -0.4 is 10.0 Å². The third kappa shape index (κ3) is 3.88. The predicted octanol–water partition coefficient (Wildman–Crippen LogP) is 1.31. The van der Waals surface area contributed by atoms with Gasteiger partial charge in [-0.15, -0.1) is 0 Å². The summed E-state index contributed by atoms with van der Waals surface area (Å²) in [6, 6.07) is 6.52. The first-order valence-electron chi connectivity index (χ1n) is 6.83. The van der Waals surface area contributed by atoms with Crippen molar-refractivity contribution in [1.29, 1.82) is 0 Å². The molecule has 0 saturated carbocycles. The van der Waals surface area contributed by atoms with Crippen molar-refractivity contribution in [2.75, 3.05) is 13.1 Å². The SMILES string of the molecule is CC(=O)c1cccc(S(=O)(=O)NCC[C@H]2CCCN2)c1. The molecule has 0 radical (unpaired) electrons. The van der Waals surface area contributed by atoms with Gasteiger partial charge in [-0.3, -0.25) is 4.79 Å². The Kier molecular flexibility index (Phi) is 4.91. The van der Waals surface area contributed by atoms with Gasteiger partial charge in [-0.05, 0) is 44.9 Å². The van der Waals surface area contributed by atoms with Crippen LogP contribution in [0.5, 0.6) is 0 Å². The van der Waals surface area contributed by atoms with Gasteiger partial charge in [-0.1, -0.05) is 12.1 Å². The number of carbonyl (C=O) groups is 1. The Hall–Kier alpha value is -1.24. The van der Waals surface area contributed by atoms with Crippen LogP contribution in [0.25, 0.3) is 0 Å². The quantitative estimate of drug-likeness (QED) is 0.776. The number of ketones is 1. The summed E-state index contributed by atoms with van der Waals surface area (Å²) >= 11 is 0. The second-order valence-corrected chi connectivity index (χ2v) is 6.83. The minimum Gasteiger partial charge on any atom is -0.314 e. The van der Waals surface area contributed by atoms with Gasteiger partial charge in [-0.25, -0.2) is 13.1 Å². The van der Waals surface area contributed by atoms with E-state index < -0.39 is 10.0 Å². The summed E-state index contributed by atoms with van der Waals surface area (Å²) in [6.45, 7) is 2.84. The Bertz CT molecular complexity index is 578. The molecule has 6 heteroatoms. The summed E-state index contributed by atoms with van der Waals surface area (Å²) in [6.07, 6.45) is 3.03. The molecule has 1 atom stereocenters. The molecule has 2 rings (SSSR count). The Labute approximate surface area is 119 Å². The van der Waals surface area contributed by atoms with E-state index in [4.69, 9.17) is 0 Å². The zero-order valence-electron chi connectivity index (χ0n) is 11.6. The second kappa shape index (κ2) is 6.47. The van der Waals surface area contributed by atoms with Crippen LogP contribution in [0.3, 0.4) is 0 Å². The fraction of sp³-hybridized carbons (Fsp3) is 0.500. The first-order chi connectivity index (χ1) is 9.49. The lowest BCUT2D eigenvalue weighted by Gasteiger charge is -2.11. The lowest BCUT2D eigenvalue weighted by Crippen LogP contribution is -2.30. The molecule has 0 amide bonds. The smallest absolute Gasteiger partial charge is 0.240 e. The summed E-state index contributed by atoms with van der Waals surface area (Å²) in [5.74, 6) is -0.141. The summed E-state index contributed by atoms with van der Waals surface area (Å²) in [7, 11) is -3.54. The topological polar surface area (TPSA) is 75.3 Å². The fourth-order valence-electron chi connectivity index (χ4n) is 2.34. The molecule has 1 fully saturated rings. The van der Waals surface area contributed by atoms with Crippen LogP contribution in [-0.2, 0) is 10.0 Å². The molecule has 0 spiro atoms. The molecule has 1 aliphatic heterocycles. The van der Waals surface area contributed by atoms with Crippen molar-refractivity contribution in [3.63, 3.8) is 0 Å². The van der Waals surface area contributed by atoms with Gasteiger partial charge in [-0.2, -0.15) is 0 Å². The van der Waals surface area contributed by atoms with E-state index in [0.717, 1.165) is 25.8 Å². The van der Waals surface area contributed by atoms with Gasteiger partial charge >= 0.3 is 0 Å². The zero-order chi connectivity index (χ0) is 14.6. The van der Waals surface area contributed by atoms with Crippen molar-refractivity contribution in [3.8, 4) is 0 Å². The van der Waals surface area contributed by atoms with E-state index in [2.05, 4.69) is 10.0 Å². The van der Waals surface area contributed by atoms with Crippen molar-refractivity contribution in [3.05, 3.63) is 29.8 Å². The van der Waals surface area contributed by atoms with Gasteiger partial charge in [0.05, 0.1) is 4.90 Å². The highest BCUT2D eigenvalue weighted by Gasteiger charge is 2.17. The number of nitrogens with one attached hydrogen (secondary N) is 2. The van der Waals surface area contributed by atoms with Gasteiger partial charge < -0.3 is 5.32 Å². The number of sulfonamides is 1. The molecule has 2 N–H and O–H groups in total. The van der Waals surface area contributed by atoms with Crippen molar-refractivity contribution >= 4 is 15.8 Å². The Morgan fingerprint density at radius 2 is 2.25 bits per heavy atom. The second-order valence-electron chi connectivity index (χ2n) is 5.06. The lowest BCUT2D eigenvalue weighted by molar-refractivity contribution is 0.101. The van der Waals surface area contributed by atoms with Gasteiger partial charge in [0.2, 0.25) is 10.0 Å². The average Bonchev–Trinajstić information content (AvgIpc) is 2.92. The summed E-state index contributed by atoms with van der Waals surface area (Å²) in [5.41, 5.74) is 0.408. The fourth-order valence-corrected chi connectivity index (χ4v) is 3.43. The van der Waals surface area contributed by atoms with E-state index in [-0.39, 0.29) is 10.7 Å². The van der Waals surface area contributed by atoms with Crippen LogP contribution in [0.4, 0.5) is 0 Å². The molecule has 0 aliphatic carbocycles. The monoisotopic (exact) mass is 296 g/mol. The maximum Gasteiger partial charge on any atom is 0.240 e. The predicted molar refractivity (Wildman–Crippen MR) is 77.3 cm³/mol. The maximum atomic E-state index is 12.1. The summed E-state index contributed by atoms with van der Waals surface area (Å²) in [4.78, 5) is 11.4. The van der Waals surface area contributed by atoms with E-state index in [1.54, 1.807) is 12.1 Å². The van der Waals surface area contributed by atoms with Crippen LogP contribution in [-0.4, -0.2) is 33.3 Å². The minimum atomic E-state index is -3.54. The third-order valence-electron chi connectivity index (χ3n) is 3.50. The van der Waals surface area contributed by atoms with Crippen LogP contribution in [0, 0.1) is 0 Å². The maximum absolute atomic E-state index is 12.1. The van der Waals surface area contributed by atoms with E-state index in [9.17, 15) is 13.2 Å². The Morgan fingerprint density at radius 1 is 1.45 bits per heavy atom. The van der Waals surface area contributed by atoms with E-state index in [1.165, 1.54) is 19.1 Å². The Morgan fingerprint density at radius 3 is 2.90 bits per heavy atom. The highest BCUT2D eigenvalue weighted by Crippen LogP contribution is 2.13. The van der Waals surface area contributed by atoms with Gasteiger partial charge in [0.25, 0.3) is 0 Å². The number of rotatable bonds is 6. The van der Waals surface area contributed by atoms with E-state index >= 15 is 0 Å². The number of carbonyl (C=O) groups excluding carboxylic acids is 1. The minimum absolute atomic E-state index is 0.141. The van der Waals surface area contributed by atoms with Crippen LogP contribution >= 0.6 is 0 Å². The normalized spacial score (nSPS) is 19.1. The molecule has 5 nitrogen and oxygen atoms in total. The third-order valence-corrected chi connectivity index (χ3v) is 4.96. The molecule has 1 aromatic carbocycles. The molecule has 110 valence electrons. The summed E-state index contributed by atoms with van der Waals surface area (Å²) < 4.78 is 26.9. The van der Waals surface area contributed by atoms with Gasteiger partial charge in [0.15, 0.2) is 5.78 Å². The highest BCUT2D eigenvalue weighted by atomic mass is 32.2. The molecule has 0 aromatic heterocycles. The van der Waals surface area contributed by atoms with E-state index in [1.807, 2.05) is 0 Å². The van der Waals surface area contributed by atoms with Crippen molar-refractivity contribution in [2.24, 2.45) is 0 Å². The van der Waals surface area contributed by atoms with Crippen LogP contribution in [0.15, 0.2) is 29.2 Å². The lowest BCUT2D eigenvalue weighted by atomic mass is 10.2. The zero-order valence-corrected chi connectivity index (χ0v) is 12.4. The number of hydrogen-bond donors (Lipinski definition) is 2. The molecule has 1 saturated heterocycles. The first-order valence-corrected chi connectivity index (χ1v) is 8.31. The molecule has 0 bridgehead atoms. The van der Waals surface area contributed by atoms with Gasteiger partial charge in [0.1, 0.15) is 0 Å². The molecule has 1 aromatic rings. The van der Waals surface area contributed by atoms with Crippen molar-refractivity contribution < 1.29 is 13.2 Å². The van der Waals surface area contributed by atoms with Crippen molar-refractivity contribution in [2.45, 2.75) is 37.1 Å². The number of Topliss-reactive ketones (excluding diaryl/α,β-unsaturated/α-hetero) is 1. The standard InChI is InChI=1S/C14H20N2O3S/c1-11(17)12-4-2-6-14(10-12)20(18,19)16-9-7-13-5-3-8-15-13/h2,4,6,10,13,15-16H,3,5,7-9H2,1H3/t13-/m1/s1. The largest absolute Gasteiger partial charge is 0.314 e. The van der Waals surface area contributed by atoms with Gasteiger partial charge in [0, 0.05) is 18.2 Å². The van der Waals surface area contributed by atoms with Crippen molar-refractivity contribution in [1.82, 2.24) is 10.0 Å². The molecule has 20 heavy (non-hydrogen) atoms. The number of hydrogen-bond acceptors (Lipinski definition) is 4. The van der Waals surface area contributed by atoms with Crippen LogP contribution in [0.1, 0.15) is 36.5 Å². The molecule has 0 unspecified atom stereocenters. The molecular weight excluding hydrogens is 276 g/mol. The Balaban J connectivity index is 1.98. The molecule has 1 aliphatic rings. The molecule has 1 heterocycles. The number of benzene rings is 1. The van der Waals surface area contributed by atoms with Crippen LogP contribution in [0.2, 0.25) is 0 Å². The highest BCUT2D eigenvalue weighted by molar-refractivity contribution is 7.89. The average molecular weight is 296 g/mol. The molecular formula is C14H20N2O3S. The first kappa shape index (κ1) is 15.2. The summed E-state index contributed by atoms with van der Waals surface area (Å²) in [5, 5.41) is 3.33. The van der Waals surface area contributed by atoms with E-state index in [0.29, 0.717) is 18.2 Å².